The van der Waals surface area contributed by atoms with Gasteiger partial charge in [0, 0.05) is 22.7 Å². The third-order valence-corrected chi connectivity index (χ3v) is 7.52. The Morgan fingerprint density at radius 2 is 1.67 bits per heavy atom. The minimum atomic E-state index is -5.08. The fourth-order valence-electron chi connectivity index (χ4n) is 4.22. The average molecular weight is 667 g/mol. The maximum atomic E-state index is 12.6. The number of nitrogens with zero attached hydrogens (tertiary/aromatic N) is 2. The summed E-state index contributed by atoms with van der Waals surface area (Å²) >= 11 is 1.35. The highest BCUT2D eigenvalue weighted by Crippen LogP contribution is 2.34. The van der Waals surface area contributed by atoms with Gasteiger partial charge >= 0.3 is 24.1 Å². The third-order valence-electron chi connectivity index (χ3n) is 6.22. The summed E-state index contributed by atoms with van der Waals surface area (Å²) in [7, 11) is 0. The van der Waals surface area contributed by atoms with Crippen molar-refractivity contribution in [1.29, 1.82) is 0 Å². The molecule has 0 bridgehead atoms. The van der Waals surface area contributed by atoms with E-state index in [-0.39, 0.29) is 0 Å². The highest BCUT2D eigenvalue weighted by Gasteiger charge is 2.38. The molecular formula is C30H33F3N4O8S. The molecular weight excluding hydrogens is 633 g/mol. The number of amides is 2. The molecule has 46 heavy (non-hydrogen) atoms. The van der Waals surface area contributed by atoms with Crippen molar-refractivity contribution in [1.82, 2.24) is 4.98 Å². The minimum absolute atomic E-state index is 0.307. The number of carbonyl (C=O) groups excluding carboxylic acids is 3. The molecule has 0 spiro atoms. The number of hydrogen-bond donors (Lipinski definition) is 4. The number of anilines is 1. The number of hydrogen-bond acceptors (Lipinski definition) is 9. The van der Waals surface area contributed by atoms with E-state index in [0.29, 0.717) is 40.7 Å². The highest BCUT2D eigenvalue weighted by atomic mass is 32.1. The number of aromatic nitrogens is 1. The lowest BCUT2D eigenvalue weighted by Gasteiger charge is -2.20. The number of halogens is 3. The Kier molecular flexibility index (Phi) is 13.8. The summed E-state index contributed by atoms with van der Waals surface area (Å²) in [6.45, 7) is 3.69. The number of carboxylic acids is 2. The number of primary amides is 1. The van der Waals surface area contributed by atoms with Gasteiger partial charge in [-0.2, -0.15) is 13.2 Å². The Morgan fingerprint density at radius 1 is 1.04 bits per heavy atom. The molecule has 2 heterocycles. The number of esters is 1. The van der Waals surface area contributed by atoms with Crippen LogP contribution in [-0.2, 0) is 33.7 Å². The van der Waals surface area contributed by atoms with E-state index in [9.17, 15) is 32.3 Å². The number of carboxylic acid groups (broad SMARTS) is 2. The monoisotopic (exact) mass is 666 g/mol. The van der Waals surface area contributed by atoms with Crippen LogP contribution in [0.1, 0.15) is 71.9 Å². The van der Waals surface area contributed by atoms with Crippen molar-refractivity contribution in [3.05, 3.63) is 80.2 Å². The van der Waals surface area contributed by atoms with Crippen molar-refractivity contribution >= 4 is 46.9 Å². The van der Waals surface area contributed by atoms with Crippen LogP contribution in [0.15, 0.2) is 42.5 Å². The number of rotatable bonds is 8. The molecule has 16 heteroatoms. The molecule has 1 aliphatic rings. The minimum Gasteiger partial charge on any atom is -0.480 e. The van der Waals surface area contributed by atoms with E-state index >= 15 is 0 Å². The molecule has 1 aromatic carbocycles. The molecule has 0 aliphatic heterocycles. The molecule has 0 fully saturated rings. The van der Waals surface area contributed by atoms with Crippen molar-refractivity contribution in [3.63, 3.8) is 0 Å². The number of ether oxygens (including phenoxy) is 1. The maximum absolute atomic E-state index is 12.6. The fourth-order valence-corrected chi connectivity index (χ4v) is 5.45. The van der Waals surface area contributed by atoms with Gasteiger partial charge in [0.15, 0.2) is 0 Å². The topological polar surface area (TPSA) is 203 Å². The first-order valence-electron chi connectivity index (χ1n) is 13.8. The zero-order chi connectivity index (χ0) is 34.6. The van der Waals surface area contributed by atoms with Gasteiger partial charge in [0.05, 0.1) is 12.2 Å². The lowest BCUT2D eigenvalue weighted by atomic mass is 9.95. The largest absolute Gasteiger partial charge is 0.490 e. The van der Waals surface area contributed by atoms with Crippen molar-refractivity contribution in [3.8, 4) is 0 Å². The molecule has 1 aliphatic carbocycles. The van der Waals surface area contributed by atoms with E-state index < -0.39 is 42.4 Å². The Balaban J connectivity index is 0.000000271. The molecule has 2 amide bonds. The van der Waals surface area contributed by atoms with Gasteiger partial charge in [-0.25, -0.2) is 14.6 Å². The number of nitrogens with two attached hydrogens (primary N) is 2. The molecule has 12 nitrogen and oxygen atoms in total. The molecule has 3 aromatic rings. The van der Waals surface area contributed by atoms with Crippen LogP contribution in [0, 0.1) is 6.92 Å². The van der Waals surface area contributed by atoms with E-state index in [1.807, 2.05) is 6.07 Å². The molecule has 0 saturated heterocycles. The summed E-state index contributed by atoms with van der Waals surface area (Å²) < 4.78 is 36.7. The first-order valence-corrected chi connectivity index (χ1v) is 14.6. The van der Waals surface area contributed by atoms with Gasteiger partial charge in [0.25, 0.3) is 11.8 Å². The standard InChI is InChI=1S/C16H17N3O3.C12H15NO3S.C2HF3O2/c1-11-4-2-7-14(18-11)19(10-15(20)21)16(22)13-6-3-5-12(8-13)9-17;1-2-16-12(15)9-7-5-3-4-6-8(7)17-10(9)11(13)14;3-2(4,5)1(6)7/h2-8H,9-10,17H2,1H3,(H,20,21);2-6H2,1H3,(H2,13,14);(H,6,7). The number of pyridine rings is 1. The third kappa shape index (κ3) is 10.7. The van der Waals surface area contributed by atoms with Crippen molar-refractivity contribution in [2.75, 3.05) is 18.1 Å². The van der Waals surface area contributed by atoms with Crippen LogP contribution in [0.25, 0.3) is 0 Å². The molecule has 0 atom stereocenters. The van der Waals surface area contributed by atoms with Crippen molar-refractivity contribution in [2.24, 2.45) is 11.5 Å². The smallest absolute Gasteiger partial charge is 0.480 e. The number of thiophene rings is 1. The normalized spacial score (nSPS) is 11.9. The second-order valence-corrected chi connectivity index (χ2v) is 10.7. The SMILES string of the molecule is CCOC(=O)c1c(C(N)=O)sc2c1CCCC2.Cc1cccc(N(CC(=O)O)C(=O)c2cccc(CN)c2)n1.O=C(O)C(F)(F)F. The molecule has 0 unspecified atom stereocenters. The fraction of sp³-hybridized carbons (Fsp3) is 0.333. The van der Waals surface area contributed by atoms with Gasteiger partial charge in [-0.15, -0.1) is 11.3 Å². The quantitative estimate of drug-likeness (QED) is 0.253. The summed E-state index contributed by atoms with van der Waals surface area (Å²) in [6.07, 6.45) is -1.16. The summed E-state index contributed by atoms with van der Waals surface area (Å²) in [6, 6.07) is 11.9. The first kappa shape index (κ1) is 37.4. The lowest BCUT2D eigenvalue weighted by molar-refractivity contribution is -0.192. The number of fused-ring (bicyclic) bond motifs is 1. The van der Waals surface area contributed by atoms with Crippen LogP contribution in [0.4, 0.5) is 19.0 Å². The summed E-state index contributed by atoms with van der Waals surface area (Å²) in [4.78, 5) is 62.7. The summed E-state index contributed by atoms with van der Waals surface area (Å²) in [5, 5.41) is 16.2. The predicted molar refractivity (Wildman–Crippen MR) is 162 cm³/mol. The van der Waals surface area contributed by atoms with E-state index in [4.69, 9.17) is 31.2 Å². The number of benzene rings is 1. The predicted octanol–water partition coefficient (Wildman–Crippen LogP) is 4.12. The zero-order valence-corrected chi connectivity index (χ0v) is 25.7. The van der Waals surface area contributed by atoms with Crippen LogP contribution in [0.2, 0.25) is 0 Å². The van der Waals surface area contributed by atoms with Crippen LogP contribution < -0.4 is 16.4 Å². The number of aliphatic carboxylic acids is 2. The molecule has 2 aromatic heterocycles. The van der Waals surface area contributed by atoms with Crippen LogP contribution in [-0.4, -0.2) is 64.2 Å². The number of alkyl halides is 3. The Hall–Kier alpha value is -4.83. The van der Waals surface area contributed by atoms with E-state index in [1.54, 1.807) is 50.2 Å². The van der Waals surface area contributed by atoms with Gasteiger partial charge in [-0.1, -0.05) is 18.2 Å². The van der Waals surface area contributed by atoms with Crippen LogP contribution in [0.5, 0.6) is 0 Å². The Bertz CT molecular complexity index is 1580. The molecule has 0 saturated carbocycles. The second-order valence-electron chi connectivity index (χ2n) is 9.63. The first-order chi connectivity index (χ1) is 21.6. The highest BCUT2D eigenvalue weighted by molar-refractivity contribution is 7.14. The average Bonchev–Trinajstić information content (AvgIpc) is 3.40. The van der Waals surface area contributed by atoms with Crippen molar-refractivity contribution < 1.29 is 52.1 Å². The second kappa shape index (κ2) is 17.0. The van der Waals surface area contributed by atoms with Gasteiger partial charge < -0.3 is 26.4 Å². The molecule has 0 radical (unpaired) electrons. The van der Waals surface area contributed by atoms with Gasteiger partial charge in [0.1, 0.15) is 17.2 Å². The molecule has 6 N–H and O–H groups in total. The summed E-state index contributed by atoms with van der Waals surface area (Å²) in [5.41, 5.74) is 14.2. The Labute approximate surface area is 265 Å². The van der Waals surface area contributed by atoms with Crippen LogP contribution in [0.3, 0.4) is 0 Å². The van der Waals surface area contributed by atoms with Gasteiger partial charge in [0.2, 0.25) is 0 Å². The summed E-state index contributed by atoms with van der Waals surface area (Å²) in [5.74, 6) is -4.92. The zero-order valence-electron chi connectivity index (χ0n) is 24.9. The van der Waals surface area contributed by atoms with Crippen molar-refractivity contribution in [2.45, 2.75) is 52.3 Å². The van der Waals surface area contributed by atoms with Crippen LogP contribution >= 0.6 is 11.3 Å². The van der Waals surface area contributed by atoms with E-state index in [2.05, 4.69) is 4.98 Å². The van der Waals surface area contributed by atoms with E-state index in [1.165, 1.54) is 11.3 Å². The van der Waals surface area contributed by atoms with Gasteiger partial charge in [-0.05, 0) is 74.9 Å². The number of carbonyl (C=O) groups is 5. The molecule has 4 rings (SSSR count). The molecule has 248 valence electrons. The Morgan fingerprint density at radius 3 is 2.22 bits per heavy atom. The van der Waals surface area contributed by atoms with E-state index in [0.717, 1.165) is 46.6 Å². The van der Waals surface area contributed by atoms with Gasteiger partial charge in [-0.3, -0.25) is 19.3 Å². The maximum Gasteiger partial charge on any atom is 0.490 e. The number of aryl methyl sites for hydroxylation is 2. The lowest BCUT2D eigenvalue weighted by Crippen LogP contribution is -2.36.